The molecule has 0 spiro atoms. The van der Waals surface area contributed by atoms with Gasteiger partial charge in [-0.15, -0.1) is 0 Å². The van der Waals surface area contributed by atoms with Gasteiger partial charge in [-0.3, -0.25) is 4.79 Å². The minimum absolute atomic E-state index is 0.108. The molecule has 1 amide bonds. The summed E-state index contributed by atoms with van der Waals surface area (Å²) in [7, 11) is 0. The number of amides is 1. The predicted molar refractivity (Wildman–Crippen MR) is 65.8 cm³/mol. The maximum Gasteiger partial charge on any atom is 0.231 e. The molecule has 1 N–H and O–H groups in total. The van der Waals surface area contributed by atoms with Gasteiger partial charge in [-0.2, -0.15) is 0 Å². The van der Waals surface area contributed by atoms with E-state index in [2.05, 4.69) is 17.5 Å². The Morgan fingerprint density at radius 2 is 1.81 bits per heavy atom. The Kier molecular flexibility index (Phi) is 3.76. The fourth-order valence-corrected chi connectivity index (χ4v) is 1.96. The van der Waals surface area contributed by atoms with E-state index in [1.54, 1.807) is 0 Å². The monoisotopic (exact) mass is 215 g/mol. The van der Waals surface area contributed by atoms with Crippen molar-refractivity contribution in [3.63, 3.8) is 0 Å². The third-order valence-corrected chi connectivity index (χ3v) is 2.89. The van der Waals surface area contributed by atoms with Crippen molar-refractivity contribution in [3.05, 3.63) is 48.6 Å². The second kappa shape index (κ2) is 5.50. The lowest BCUT2D eigenvalue weighted by Crippen LogP contribution is -2.38. The van der Waals surface area contributed by atoms with Crippen LogP contribution in [0.4, 0.5) is 0 Å². The summed E-state index contributed by atoms with van der Waals surface area (Å²) in [6.45, 7) is 0. The molecule has 0 fully saturated rings. The Morgan fingerprint density at radius 1 is 1.06 bits per heavy atom. The van der Waals surface area contributed by atoms with Crippen molar-refractivity contribution < 1.29 is 4.79 Å². The number of carbonyl (C=O) groups excluding carboxylic acids is 1. The molecule has 2 aliphatic carbocycles. The van der Waals surface area contributed by atoms with Gasteiger partial charge in [0, 0.05) is 6.04 Å². The van der Waals surface area contributed by atoms with E-state index in [1.807, 2.05) is 36.5 Å². The molecule has 0 unspecified atom stereocenters. The highest BCUT2D eigenvalue weighted by molar-refractivity contribution is 5.82. The topological polar surface area (TPSA) is 29.1 Å². The maximum absolute atomic E-state index is 12.0. The molecule has 2 rings (SSSR count). The summed E-state index contributed by atoms with van der Waals surface area (Å²) < 4.78 is 0. The summed E-state index contributed by atoms with van der Waals surface area (Å²) in [6, 6.07) is 0.315. The highest BCUT2D eigenvalue weighted by Gasteiger charge is 2.17. The van der Waals surface area contributed by atoms with Gasteiger partial charge in [-0.1, -0.05) is 48.6 Å². The van der Waals surface area contributed by atoms with Gasteiger partial charge in [0.05, 0.1) is 5.92 Å². The summed E-state index contributed by atoms with van der Waals surface area (Å²) in [4.78, 5) is 12.0. The predicted octanol–water partition coefficient (Wildman–Crippen LogP) is 2.51. The van der Waals surface area contributed by atoms with E-state index in [9.17, 15) is 4.79 Å². The quantitative estimate of drug-likeness (QED) is 0.704. The molecule has 2 heteroatoms. The van der Waals surface area contributed by atoms with Crippen LogP contribution in [0.5, 0.6) is 0 Å². The first kappa shape index (κ1) is 10.9. The molecule has 0 radical (unpaired) electrons. The number of rotatable bonds is 2. The van der Waals surface area contributed by atoms with Crippen LogP contribution < -0.4 is 5.32 Å². The molecular weight excluding hydrogens is 198 g/mol. The Bertz CT molecular complexity index is 347. The van der Waals surface area contributed by atoms with Gasteiger partial charge < -0.3 is 5.32 Å². The Morgan fingerprint density at radius 3 is 2.44 bits per heavy atom. The molecule has 0 saturated carbocycles. The van der Waals surface area contributed by atoms with Crippen molar-refractivity contribution in [2.24, 2.45) is 5.92 Å². The first-order valence-corrected chi connectivity index (χ1v) is 5.83. The van der Waals surface area contributed by atoms with Crippen LogP contribution in [-0.4, -0.2) is 11.9 Å². The second-order valence-electron chi connectivity index (χ2n) is 4.17. The van der Waals surface area contributed by atoms with E-state index < -0.39 is 0 Å². The van der Waals surface area contributed by atoms with Crippen molar-refractivity contribution >= 4 is 5.91 Å². The lowest BCUT2D eigenvalue weighted by atomic mass is 10.0. The molecular formula is C14H17NO. The van der Waals surface area contributed by atoms with Gasteiger partial charge in [0.15, 0.2) is 0 Å². The minimum Gasteiger partial charge on any atom is -0.352 e. The molecule has 0 heterocycles. The summed E-state index contributed by atoms with van der Waals surface area (Å²) >= 11 is 0. The fourth-order valence-electron chi connectivity index (χ4n) is 1.96. The Balaban J connectivity index is 1.90. The van der Waals surface area contributed by atoms with Crippen LogP contribution in [0.3, 0.4) is 0 Å². The fraction of sp³-hybridized carbons (Fsp3) is 0.357. The lowest BCUT2D eigenvalue weighted by Gasteiger charge is -2.20. The summed E-state index contributed by atoms with van der Waals surface area (Å²) in [5.74, 6) is -0.0163. The SMILES string of the molecule is O=C(N[C@@H]1CC=CCC1)C1C=CC=CC=C1. The first-order chi connectivity index (χ1) is 7.86. The van der Waals surface area contributed by atoms with Gasteiger partial charge in [0.25, 0.3) is 0 Å². The van der Waals surface area contributed by atoms with E-state index >= 15 is 0 Å². The Hall–Kier alpha value is -1.57. The van der Waals surface area contributed by atoms with Gasteiger partial charge in [0.2, 0.25) is 5.91 Å². The molecule has 0 saturated heterocycles. The molecule has 0 aromatic rings. The van der Waals surface area contributed by atoms with Crippen molar-refractivity contribution in [2.75, 3.05) is 0 Å². The zero-order valence-corrected chi connectivity index (χ0v) is 9.30. The van der Waals surface area contributed by atoms with Crippen LogP contribution in [0.15, 0.2) is 48.6 Å². The molecule has 84 valence electrons. The molecule has 16 heavy (non-hydrogen) atoms. The van der Waals surface area contributed by atoms with E-state index in [0.29, 0.717) is 6.04 Å². The normalized spacial score (nSPS) is 24.4. The third kappa shape index (κ3) is 2.96. The number of hydrogen-bond donors (Lipinski definition) is 1. The smallest absolute Gasteiger partial charge is 0.231 e. The molecule has 2 aliphatic rings. The maximum atomic E-state index is 12.0. The second-order valence-corrected chi connectivity index (χ2v) is 4.17. The van der Waals surface area contributed by atoms with Gasteiger partial charge in [-0.05, 0) is 19.3 Å². The molecule has 0 aromatic heterocycles. The lowest BCUT2D eigenvalue weighted by molar-refractivity contribution is -0.123. The molecule has 0 bridgehead atoms. The number of allylic oxidation sites excluding steroid dienone is 5. The number of hydrogen-bond acceptors (Lipinski definition) is 1. The van der Waals surface area contributed by atoms with Crippen LogP contribution >= 0.6 is 0 Å². The zero-order chi connectivity index (χ0) is 11.2. The minimum atomic E-state index is -0.124. The van der Waals surface area contributed by atoms with Gasteiger partial charge in [-0.25, -0.2) is 0 Å². The van der Waals surface area contributed by atoms with Crippen LogP contribution in [-0.2, 0) is 4.79 Å². The van der Waals surface area contributed by atoms with E-state index in [1.165, 1.54) is 0 Å². The zero-order valence-electron chi connectivity index (χ0n) is 9.30. The van der Waals surface area contributed by atoms with Crippen LogP contribution in [0.25, 0.3) is 0 Å². The molecule has 0 aromatic carbocycles. The van der Waals surface area contributed by atoms with Crippen molar-refractivity contribution in [1.82, 2.24) is 5.32 Å². The van der Waals surface area contributed by atoms with Crippen molar-refractivity contribution in [1.29, 1.82) is 0 Å². The van der Waals surface area contributed by atoms with Crippen molar-refractivity contribution in [2.45, 2.75) is 25.3 Å². The highest BCUT2D eigenvalue weighted by Crippen LogP contribution is 2.12. The van der Waals surface area contributed by atoms with E-state index in [4.69, 9.17) is 0 Å². The Labute approximate surface area is 96.4 Å². The van der Waals surface area contributed by atoms with Gasteiger partial charge in [0.1, 0.15) is 0 Å². The molecule has 0 aliphatic heterocycles. The summed E-state index contributed by atoms with van der Waals surface area (Å²) in [5, 5.41) is 3.10. The third-order valence-electron chi connectivity index (χ3n) is 2.89. The molecule has 1 atom stereocenters. The average molecular weight is 215 g/mol. The summed E-state index contributed by atoms with van der Waals surface area (Å²) in [6.07, 6.45) is 19.0. The first-order valence-electron chi connectivity index (χ1n) is 5.83. The highest BCUT2D eigenvalue weighted by atomic mass is 16.1. The standard InChI is InChI=1S/C14H17NO/c16-14(12-8-4-1-2-5-9-12)15-13-10-6-3-7-11-13/h1-6,8-9,12-13H,7,10-11H2,(H,15,16)/t13-/m1/s1. The largest absolute Gasteiger partial charge is 0.352 e. The number of carbonyl (C=O) groups is 1. The molecule has 2 nitrogen and oxygen atoms in total. The number of nitrogens with one attached hydrogen (secondary N) is 1. The van der Waals surface area contributed by atoms with E-state index in [0.717, 1.165) is 19.3 Å². The van der Waals surface area contributed by atoms with Crippen LogP contribution in [0.2, 0.25) is 0 Å². The van der Waals surface area contributed by atoms with Gasteiger partial charge >= 0.3 is 0 Å². The summed E-state index contributed by atoms with van der Waals surface area (Å²) in [5.41, 5.74) is 0. The average Bonchev–Trinajstić information content (AvgIpc) is 2.59. The van der Waals surface area contributed by atoms with E-state index in [-0.39, 0.29) is 11.8 Å². The van der Waals surface area contributed by atoms with Crippen LogP contribution in [0, 0.1) is 5.92 Å². The van der Waals surface area contributed by atoms with Crippen molar-refractivity contribution in [3.8, 4) is 0 Å². The van der Waals surface area contributed by atoms with Crippen LogP contribution in [0.1, 0.15) is 19.3 Å².